The van der Waals surface area contributed by atoms with Crippen LogP contribution in [0, 0.1) is 17.0 Å². The van der Waals surface area contributed by atoms with E-state index in [0.717, 1.165) is 10.2 Å². The summed E-state index contributed by atoms with van der Waals surface area (Å²) in [5.41, 5.74) is 2.26. The van der Waals surface area contributed by atoms with Gasteiger partial charge in [0.1, 0.15) is 0 Å². The van der Waals surface area contributed by atoms with Gasteiger partial charge in [0.05, 0.1) is 10.6 Å². The molecule has 0 bridgehead atoms. The molecule has 96 valence electrons. The fourth-order valence-electron chi connectivity index (χ4n) is 1.58. The van der Waals surface area contributed by atoms with E-state index >= 15 is 0 Å². The van der Waals surface area contributed by atoms with Crippen LogP contribution in [-0.2, 0) is 0 Å². The third-order valence-corrected chi connectivity index (χ3v) is 3.15. The number of nitro groups is 1. The molecule has 4 nitrogen and oxygen atoms in total. The van der Waals surface area contributed by atoms with Crippen LogP contribution in [0.5, 0.6) is 0 Å². The first-order valence-corrected chi connectivity index (χ1v) is 6.40. The molecule has 5 heteroatoms. The van der Waals surface area contributed by atoms with Crippen LogP contribution in [0.1, 0.15) is 11.1 Å². The number of rotatable bonds is 3. The summed E-state index contributed by atoms with van der Waals surface area (Å²) >= 11 is 3.35. The number of benzene rings is 2. The first-order valence-electron chi connectivity index (χ1n) is 5.61. The van der Waals surface area contributed by atoms with E-state index in [2.05, 4.69) is 20.9 Å². The predicted octanol–water partition coefficient (Wildman–Crippen LogP) is 4.42. The van der Waals surface area contributed by atoms with Crippen LogP contribution in [0.2, 0.25) is 0 Å². The molecular formula is C14H11BrN2O2. The monoisotopic (exact) mass is 318 g/mol. The van der Waals surface area contributed by atoms with E-state index in [1.54, 1.807) is 19.2 Å². The first kappa shape index (κ1) is 13.4. The maximum Gasteiger partial charge on any atom is 0.272 e. The van der Waals surface area contributed by atoms with Crippen molar-refractivity contribution >= 4 is 33.5 Å². The molecule has 0 aliphatic heterocycles. The van der Waals surface area contributed by atoms with Crippen molar-refractivity contribution in [3.8, 4) is 0 Å². The highest BCUT2D eigenvalue weighted by atomic mass is 79.9. The molecule has 0 aliphatic rings. The van der Waals surface area contributed by atoms with Gasteiger partial charge >= 0.3 is 0 Å². The molecule has 0 amide bonds. The molecule has 2 aromatic rings. The lowest BCUT2D eigenvalue weighted by Gasteiger charge is -1.98. The second kappa shape index (κ2) is 5.75. The Labute approximate surface area is 119 Å². The van der Waals surface area contributed by atoms with E-state index in [9.17, 15) is 10.1 Å². The topological polar surface area (TPSA) is 55.5 Å². The van der Waals surface area contributed by atoms with Gasteiger partial charge in [-0.15, -0.1) is 0 Å². The minimum absolute atomic E-state index is 0.111. The number of halogens is 1. The molecule has 2 aromatic carbocycles. The standard InChI is InChI=1S/C14H11BrN2O2/c1-10-2-3-11(8-14(10)17(18)19)9-16-13-6-4-12(15)5-7-13/h2-9H,1H3. The van der Waals surface area contributed by atoms with Crippen molar-refractivity contribution in [3.05, 3.63) is 68.2 Å². The second-order valence-corrected chi connectivity index (χ2v) is 4.95. The average Bonchev–Trinajstić information content (AvgIpc) is 2.39. The zero-order valence-electron chi connectivity index (χ0n) is 10.2. The van der Waals surface area contributed by atoms with Crippen molar-refractivity contribution in [1.29, 1.82) is 0 Å². The molecule has 0 N–H and O–H groups in total. The molecule has 0 atom stereocenters. The Balaban J connectivity index is 2.26. The third kappa shape index (κ3) is 3.48. The Hall–Kier alpha value is -2.01. The fraction of sp³-hybridized carbons (Fsp3) is 0.0714. The number of aliphatic imine (C=N–C) groups is 1. The zero-order valence-corrected chi connectivity index (χ0v) is 11.8. The number of hydrogen-bond donors (Lipinski definition) is 0. The average molecular weight is 319 g/mol. The van der Waals surface area contributed by atoms with Crippen molar-refractivity contribution in [1.82, 2.24) is 0 Å². The number of aryl methyl sites for hydroxylation is 1. The third-order valence-electron chi connectivity index (χ3n) is 2.62. The van der Waals surface area contributed by atoms with Crippen LogP contribution in [0.15, 0.2) is 51.9 Å². The van der Waals surface area contributed by atoms with E-state index in [1.165, 1.54) is 6.07 Å². The molecule has 2 rings (SSSR count). The highest BCUT2D eigenvalue weighted by molar-refractivity contribution is 9.10. The van der Waals surface area contributed by atoms with Crippen LogP contribution in [-0.4, -0.2) is 11.1 Å². The predicted molar refractivity (Wildman–Crippen MR) is 79.2 cm³/mol. The lowest BCUT2D eigenvalue weighted by atomic mass is 10.1. The smallest absolute Gasteiger partial charge is 0.258 e. The van der Waals surface area contributed by atoms with Gasteiger partial charge in [0.15, 0.2) is 0 Å². The molecule has 0 saturated heterocycles. The number of hydrogen-bond acceptors (Lipinski definition) is 3. The maximum atomic E-state index is 10.8. The quantitative estimate of drug-likeness (QED) is 0.478. The molecule has 0 fully saturated rings. The van der Waals surface area contributed by atoms with Crippen LogP contribution < -0.4 is 0 Å². The minimum Gasteiger partial charge on any atom is -0.258 e. The summed E-state index contributed by atoms with van der Waals surface area (Å²) in [6.45, 7) is 1.72. The Morgan fingerprint density at radius 1 is 1.21 bits per heavy atom. The van der Waals surface area contributed by atoms with Crippen molar-refractivity contribution in [3.63, 3.8) is 0 Å². The minimum atomic E-state index is -0.383. The normalized spacial score (nSPS) is 10.8. The van der Waals surface area contributed by atoms with E-state index in [4.69, 9.17) is 0 Å². The van der Waals surface area contributed by atoms with Crippen molar-refractivity contribution < 1.29 is 4.92 Å². The van der Waals surface area contributed by atoms with Gasteiger partial charge in [0.2, 0.25) is 0 Å². The fourth-order valence-corrected chi connectivity index (χ4v) is 1.84. The van der Waals surface area contributed by atoms with E-state index in [-0.39, 0.29) is 10.6 Å². The van der Waals surface area contributed by atoms with Gasteiger partial charge in [-0.25, -0.2) is 0 Å². The van der Waals surface area contributed by atoms with Gasteiger partial charge in [-0.3, -0.25) is 15.1 Å². The van der Waals surface area contributed by atoms with Crippen LogP contribution in [0.4, 0.5) is 11.4 Å². The van der Waals surface area contributed by atoms with Gasteiger partial charge in [0.25, 0.3) is 5.69 Å². The molecule has 0 saturated carbocycles. The molecule has 19 heavy (non-hydrogen) atoms. The number of nitro benzene ring substituents is 1. The van der Waals surface area contributed by atoms with Crippen molar-refractivity contribution in [2.75, 3.05) is 0 Å². The Bertz CT molecular complexity index is 636. The van der Waals surface area contributed by atoms with Crippen LogP contribution in [0.3, 0.4) is 0 Å². The highest BCUT2D eigenvalue weighted by Gasteiger charge is 2.09. The summed E-state index contributed by atoms with van der Waals surface area (Å²) < 4.78 is 0.984. The lowest BCUT2D eigenvalue weighted by molar-refractivity contribution is -0.385. The molecule has 0 heterocycles. The Morgan fingerprint density at radius 2 is 1.89 bits per heavy atom. The van der Waals surface area contributed by atoms with Gasteiger partial charge in [-0.05, 0) is 36.8 Å². The van der Waals surface area contributed by atoms with Crippen molar-refractivity contribution in [2.24, 2.45) is 4.99 Å². The summed E-state index contributed by atoms with van der Waals surface area (Å²) in [6, 6.07) is 12.6. The van der Waals surface area contributed by atoms with E-state index < -0.39 is 0 Å². The zero-order chi connectivity index (χ0) is 13.8. The summed E-state index contributed by atoms with van der Waals surface area (Å²) in [4.78, 5) is 14.7. The maximum absolute atomic E-state index is 10.8. The second-order valence-electron chi connectivity index (χ2n) is 4.04. The molecule has 0 radical (unpaired) electrons. The summed E-state index contributed by atoms with van der Waals surface area (Å²) in [5.74, 6) is 0. The molecular weight excluding hydrogens is 308 g/mol. The lowest BCUT2D eigenvalue weighted by Crippen LogP contribution is -1.93. The van der Waals surface area contributed by atoms with Crippen molar-refractivity contribution in [2.45, 2.75) is 6.92 Å². The van der Waals surface area contributed by atoms with Gasteiger partial charge < -0.3 is 0 Å². The highest BCUT2D eigenvalue weighted by Crippen LogP contribution is 2.20. The van der Waals surface area contributed by atoms with Gasteiger partial charge in [-0.2, -0.15) is 0 Å². The summed E-state index contributed by atoms with van der Waals surface area (Å²) in [5, 5.41) is 10.8. The summed E-state index contributed by atoms with van der Waals surface area (Å²) in [7, 11) is 0. The molecule has 0 aromatic heterocycles. The van der Waals surface area contributed by atoms with Gasteiger partial charge in [-0.1, -0.05) is 28.1 Å². The van der Waals surface area contributed by atoms with Crippen LogP contribution in [0.25, 0.3) is 0 Å². The van der Waals surface area contributed by atoms with E-state index in [1.807, 2.05) is 30.3 Å². The van der Waals surface area contributed by atoms with Crippen LogP contribution >= 0.6 is 15.9 Å². The Kier molecular flexibility index (Phi) is 4.06. The van der Waals surface area contributed by atoms with Gasteiger partial charge in [0, 0.05) is 22.3 Å². The molecule has 0 spiro atoms. The largest absolute Gasteiger partial charge is 0.272 e. The first-order chi connectivity index (χ1) is 9.06. The SMILES string of the molecule is Cc1ccc(C=Nc2ccc(Br)cc2)cc1[N+](=O)[O-]. The molecule has 0 unspecified atom stereocenters. The Morgan fingerprint density at radius 3 is 2.53 bits per heavy atom. The van der Waals surface area contributed by atoms with E-state index in [0.29, 0.717) is 11.1 Å². The summed E-state index contributed by atoms with van der Waals surface area (Å²) in [6.07, 6.45) is 1.62. The number of nitrogens with zero attached hydrogens (tertiary/aromatic N) is 2. The molecule has 0 aliphatic carbocycles.